The van der Waals surface area contributed by atoms with Crippen molar-refractivity contribution < 1.29 is 0 Å². The van der Waals surface area contributed by atoms with Crippen LogP contribution in [0, 0.1) is 13.8 Å². The Bertz CT molecular complexity index is 523. The van der Waals surface area contributed by atoms with Gasteiger partial charge in [-0.05, 0) is 25.5 Å². The number of H-pyrrole nitrogens is 1. The van der Waals surface area contributed by atoms with Crippen molar-refractivity contribution >= 4 is 0 Å². The maximum Gasteiger partial charge on any atom is 0.251 e. The second-order valence-electron chi connectivity index (χ2n) is 3.75. The first-order chi connectivity index (χ1) is 7.16. The number of aryl methyl sites for hydroxylation is 2. The Balaban J connectivity index is 2.50. The molecule has 0 saturated carbocycles. The van der Waals surface area contributed by atoms with Crippen molar-refractivity contribution in [2.45, 2.75) is 13.8 Å². The number of hydrogen-bond donors (Lipinski definition) is 1. The van der Waals surface area contributed by atoms with E-state index in [0.717, 1.165) is 16.8 Å². The van der Waals surface area contributed by atoms with Crippen LogP contribution in [0.3, 0.4) is 0 Å². The average Bonchev–Trinajstić information content (AvgIpc) is 2.23. The van der Waals surface area contributed by atoms with Gasteiger partial charge in [-0.1, -0.05) is 35.9 Å². The highest BCUT2D eigenvalue weighted by Gasteiger charge is 1.99. The van der Waals surface area contributed by atoms with Crippen molar-refractivity contribution in [2.75, 3.05) is 0 Å². The van der Waals surface area contributed by atoms with Gasteiger partial charge in [-0.2, -0.15) is 0 Å². The zero-order valence-electron chi connectivity index (χ0n) is 8.87. The van der Waals surface area contributed by atoms with Crippen molar-refractivity contribution in [3.05, 3.63) is 57.9 Å². The van der Waals surface area contributed by atoms with Crippen molar-refractivity contribution in [1.29, 1.82) is 0 Å². The molecule has 76 valence electrons. The molecule has 0 fully saturated rings. The molecule has 1 aromatic carbocycles. The van der Waals surface area contributed by atoms with E-state index in [9.17, 15) is 4.79 Å². The molecule has 1 heterocycles. The predicted octanol–water partition coefficient (Wildman–Crippen LogP) is 2.66. The highest BCUT2D eigenvalue weighted by Crippen LogP contribution is 2.15. The summed E-state index contributed by atoms with van der Waals surface area (Å²) in [5.74, 6) is 0. The third kappa shape index (κ3) is 1.99. The van der Waals surface area contributed by atoms with E-state index in [1.165, 1.54) is 5.56 Å². The molecule has 2 aromatic rings. The van der Waals surface area contributed by atoms with Crippen molar-refractivity contribution in [3.8, 4) is 11.3 Å². The first-order valence-electron chi connectivity index (χ1n) is 4.94. The monoisotopic (exact) mass is 199 g/mol. The van der Waals surface area contributed by atoms with Gasteiger partial charge in [0.05, 0.1) is 0 Å². The van der Waals surface area contributed by atoms with E-state index in [0.29, 0.717) is 0 Å². The molecule has 2 heteroatoms. The van der Waals surface area contributed by atoms with E-state index in [1.807, 2.05) is 43.3 Å². The third-order valence-electron chi connectivity index (χ3n) is 2.47. The standard InChI is InChI=1S/C13H13NO/c1-9-3-6-11(7-4-9)12-8-5-10(2)13(15)14-12/h3-8H,1-2H3,(H,14,15). The topological polar surface area (TPSA) is 32.9 Å². The van der Waals surface area contributed by atoms with Crippen molar-refractivity contribution in [3.63, 3.8) is 0 Å². The summed E-state index contributed by atoms with van der Waals surface area (Å²) in [5, 5.41) is 0. The van der Waals surface area contributed by atoms with E-state index in [4.69, 9.17) is 0 Å². The summed E-state index contributed by atoms with van der Waals surface area (Å²) in [5.41, 5.74) is 3.84. The van der Waals surface area contributed by atoms with Crippen LogP contribution in [-0.4, -0.2) is 4.98 Å². The van der Waals surface area contributed by atoms with Crippen molar-refractivity contribution in [1.82, 2.24) is 4.98 Å². The number of benzene rings is 1. The van der Waals surface area contributed by atoms with Gasteiger partial charge in [-0.25, -0.2) is 0 Å². The quantitative estimate of drug-likeness (QED) is 0.752. The van der Waals surface area contributed by atoms with E-state index in [2.05, 4.69) is 4.98 Å². The normalized spacial score (nSPS) is 10.3. The Morgan fingerprint density at radius 1 is 0.933 bits per heavy atom. The summed E-state index contributed by atoms with van der Waals surface area (Å²) >= 11 is 0. The van der Waals surface area contributed by atoms with Crippen LogP contribution in [0.2, 0.25) is 0 Å². The van der Waals surface area contributed by atoms with Gasteiger partial charge in [0, 0.05) is 11.3 Å². The predicted molar refractivity (Wildman–Crippen MR) is 62.0 cm³/mol. The first kappa shape index (κ1) is 9.71. The molecule has 2 nitrogen and oxygen atoms in total. The fourth-order valence-electron chi connectivity index (χ4n) is 1.45. The highest BCUT2D eigenvalue weighted by molar-refractivity contribution is 5.59. The number of aromatic amines is 1. The average molecular weight is 199 g/mol. The van der Waals surface area contributed by atoms with Gasteiger partial charge in [-0.3, -0.25) is 4.79 Å². The summed E-state index contributed by atoms with van der Waals surface area (Å²) in [6.07, 6.45) is 0. The molecular weight excluding hydrogens is 186 g/mol. The van der Waals surface area contributed by atoms with Gasteiger partial charge in [0.25, 0.3) is 5.56 Å². The lowest BCUT2D eigenvalue weighted by Gasteiger charge is -2.02. The SMILES string of the molecule is Cc1ccc(-c2ccc(C)c(=O)[nH]2)cc1. The molecule has 0 radical (unpaired) electrons. The van der Waals surface area contributed by atoms with Gasteiger partial charge in [0.2, 0.25) is 0 Å². The van der Waals surface area contributed by atoms with Crippen LogP contribution in [-0.2, 0) is 0 Å². The van der Waals surface area contributed by atoms with E-state index >= 15 is 0 Å². The lowest BCUT2D eigenvalue weighted by atomic mass is 10.1. The Morgan fingerprint density at radius 3 is 2.20 bits per heavy atom. The molecule has 0 amide bonds. The van der Waals surface area contributed by atoms with Crippen molar-refractivity contribution in [2.24, 2.45) is 0 Å². The maximum atomic E-state index is 11.4. The van der Waals surface area contributed by atoms with E-state index in [1.54, 1.807) is 6.92 Å². The summed E-state index contributed by atoms with van der Waals surface area (Å²) in [7, 11) is 0. The smallest absolute Gasteiger partial charge is 0.251 e. The number of rotatable bonds is 1. The molecule has 0 aliphatic rings. The van der Waals surface area contributed by atoms with Crippen LogP contribution in [0.5, 0.6) is 0 Å². The Hall–Kier alpha value is -1.83. The minimum absolute atomic E-state index is 0.0203. The molecule has 0 atom stereocenters. The minimum atomic E-state index is -0.0203. The Morgan fingerprint density at radius 2 is 1.60 bits per heavy atom. The number of nitrogens with one attached hydrogen (secondary N) is 1. The summed E-state index contributed by atoms with van der Waals surface area (Å²) in [4.78, 5) is 14.3. The molecule has 0 bridgehead atoms. The van der Waals surface area contributed by atoms with Crippen LogP contribution in [0.15, 0.2) is 41.2 Å². The summed E-state index contributed by atoms with van der Waals surface area (Å²) in [6, 6.07) is 11.9. The highest BCUT2D eigenvalue weighted by atomic mass is 16.1. The molecule has 1 aromatic heterocycles. The fourth-order valence-corrected chi connectivity index (χ4v) is 1.45. The molecule has 0 saturated heterocycles. The molecule has 15 heavy (non-hydrogen) atoms. The van der Waals surface area contributed by atoms with Gasteiger partial charge in [-0.15, -0.1) is 0 Å². The van der Waals surface area contributed by atoms with E-state index in [-0.39, 0.29) is 5.56 Å². The summed E-state index contributed by atoms with van der Waals surface area (Å²) in [6.45, 7) is 3.85. The zero-order chi connectivity index (χ0) is 10.8. The first-order valence-corrected chi connectivity index (χ1v) is 4.94. The fraction of sp³-hybridized carbons (Fsp3) is 0.154. The molecule has 0 aliphatic heterocycles. The molecule has 0 unspecified atom stereocenters. The largest absolute Gasteiger partial charge is 0.322 e. The van der Waals surface area contributed by atoms with Crippen LogP contribution >= 0.6 is 0 Å². The summed E-state index contributed by atoms with van der Waals surface area (Å²) < 4.78 is 0. The van der Waals surface area contributed by atoms with Gasteiger partial charge < -0.3 is 4.98 Å². The van der Waals surface area contributed by atoms with Gasteiger partial charge in [0.1, 0.15) is 0 Å². The van der Waals surface area contributed by atoms with Crippen LogP contribution in [0.4, 0.5) is 0 Å². The molecule has 1 N–H and O–H groups in total. The lowest BCUT2D eigenvalue weighted by Crippen LogP contribution is -2.09. The number of aromatic nitrogens is 1. The molecule has 2 rings (SSSR count). The third-order valence-corrected chi connectivity index (χ3v) is 2.47. The number of hydrogen-bond acceptors (Lipinski definition) is 1. The second kappa shape index (κ2) is 3.73. The van der Waals surface area contributed by atoms with Crippen LogP contribution in [0.1, 0.15) is 11.1 Å². The van der Waals surface area contributed by atoms with Crippen LogP contribution < -0.4 is 5.56 Å². The zero-order valence-corrected chi connectivity index (χ0v) is 8.87. The molecule has 0 aliphatic carbocycles. The van der Waals surface area contributed by atoms with Gasteiger partial charge >= 0.3 is 0 Å². The molecule has 0 spiro atoms. The Kier molecular flexibility index (Phi) is 2.42. The van der Waals surface area contributed by atoms with E-state index < -0.39 is 0 Å². The maximum absolute atomic E-state index is 11.4. The minimum Gasteiger partial charge on any atom is -0.322 e. The van der Waals surface area contributed by atoms with Crippen LogP contribution in [0.25, 0.3) is 11.3 Å². The number of pyridine rings is 1. The molecular formula is C13H13NO. The van der Waals surface area contributed by atoms with Gasteiger partial charge in [0.15, 0.2) is 0 Å². The Labute approximate surface area is 88.6 Å². The lowest BCUT2D eigenvalue weighted by molar-refractivity contribution is 1.18. The second-order valence-corrected chi connectivity index (χ2v) is 3.75.